The Morgan fingerprint density at radius 1 is 1.09 bits per heavy atom. The number of aromatic nitrogens is 1. The van der Waals surface area contributed by atoms with Gasteiger partial charge in [0, 0.05) is 18.1 Å². The first-order valence-corrected chi connectivity index (χ1v) is 10.8. The second-order valence-corrected chi connectivity index (χ2v) is 8.41. The summed E-state index contributed by atoms with van der Waals surface area (Å²) in [5, 5.41) is 11.3. The van der Waals surface area contributed by atoms with Crippen molar-refractivity contribution >= 4 is 23.1 Å². The molecule has 1 fully saturated rings. The zero-order chi connectivity index (χ0) is 23.7. The average molecular weight is 443 g/mol. The van der Waals surface area contributed by atoms with Crippen LogP contribution in [0.2, 0.25) is 0 Å². The van der Waals surface area contributed by atoms with Crippen LogP contribution in [0, 0.1) is 6.92 Å². The predicted molar refractivity (Wildman–Crippen MR) is 127 cm³/mol. The van der Waals surface area contributed by atoms with Crippen molar-refractivity contribution < 1.29 is 19.4 Å². The first-order chi connectivity index (χ1) is 15.8. The third-order valence-electron chi connectivity index (χ3n) is 5.89. The number of methoxy groups -OCH3 is 1. The van der Waals surface area contributed by atoms with Crippen molar-refractivity contribution in [2.24, 2.45) is 0 Å². The summed E-state index contributed by atoms with van der Waals surface area (Å²) in [5.41, 5.74) is 3.57. The van der Waals surface area contributed by atoms with Crippen LogP contribution in [-0.2, 0) is 9.59 Å². The Morgan fingerprint density at radius 2 is 1.82 bits per heavy atom. The summed E-state index contributed by atoms with van der Waals surface area (Å²) in [4.78, 5) is 32.1. The molecule has 1 aliphatic rings. The van der Waals surface area contributed by atoms with Gasteiger partial charge in [-0.1, -0.05) is 43.7 Å². The number of nitrogens with zero attached hydrogens (tertiary/aromatic N) is 2. The molecule has 0 radical (unpaired) electrons. The zero-order valence-corrected chi connectivity index (χ0v) is 19.1. The van der Waals surface area contributed by atoms with E-state index in [0.717, 1.165) is 11.1 Å². The summed E-state index contributed by atoms with van der Waals surface area (Å²) in [7, 11) is 1.49. The number of ketones is 1. The molecule has 3 aromatic rings. The number of hydrogen-bond donors (Lipinski definition) is 1. The number of hydrogen-bond acceptors (Lipinski definition) is 5. The van der Waals surface area contributed by atoms with Gasteiger partial charge in [-0.05, 0) is 54.3 Å². The molecule has 33 heavy (non-hydrogen) atoms. The van der Waals surface area contributed by atoms with Crippen molar-refractivity contribution in [1.29, 1.82) is 0 Å². The minimum Gasteiger partial charge on any atom is -0.507 e. The Kier molecular flexibility index (Phi) is 6.01. The van der Waals surface area contributed by atoms with E-state index in [1.165, 1.54) is 12.0 Å². The number of aliphatic hydroxyl groups is 1. The van der Waals surface area contributed by atoms with E-state index in [-0.39, 0.29) is 11.3 Å². The van der Waals surface area contributed by atoms with E-state index in [4.69, 9.17) is 4.74 Å². The fourth-order valence-corrected chi connectivity index (χ4v) is 4.12. The molecule has 1 amide bonds. The van der Waals surface area contributed by atoms with Crippen LogP contribution in [0.25, 0.3) is 5.76 Å². The van der Waals surface area contributed by atoms with Crippen LogP contribution >= 0.6 is 0 Å². The first kappa shape index (κ1) is 22.3. The molecule has 168 valence electrons. The minimum absolute atomic E-state index is 0.00448. The lowest BCUT2D eigenvalue weighted by Gasteiger charge is -2.25. The van der Waals surface area contributed by atoms with Gasteiger partial charge in [0.05, 0.1) is 24.3 Å². The largest absolute Gasteiger partial charge is 0.507 e. The van der Waals surface area contributed by atoms with E-state index in [2.05, 4.69) is 18.8 Å². The number of aryl methyl sites for hydroxylation is 1. The van der Waals surface area contributed by atoms with E-state index in [0.29, 0.717) is 28.5 Å². The molecule has 1 aliphatic heterocycles. The molecule has 0 aliphatic carbocycles. The highest BCUT2D eigenvalue weighted by Crippen LogP contribution is 2.43. The fraction of sp³-hybridized carbons (Fsp3) is 0.222. The number of aliphatic hydroxyl groups excluding tert-OH is 1. The molecule has 0 bridgehead atoms. The van der Waals surface area contributed by atoms with Crippen LogP contribution in [0.4, 0.5) is 5.69 Å². The maximum atomic E-state index is 13.3. The summed E-state index contributed by atoms with van der Waals surface area (Å²) in [6.07, 6.45) is 3.23. The van der Waals surface area contributed by atoms with Crippen LogP contribution in [0.3, 0.4) is 0 Å². The lowest BCUT2D eigenvalue weighted by atomic mass is 9.95. The van der Waals surface area contributed by atoms with E-state index in [1.807, 2.05) is 37.3 Å². The highest BCUT2D eigenvalue weighted by Gasteiger charge is 2.47. The zero-order valence-electron chi connectivity index (χ0n) is 19.1. The molecule has 1 saturated heterocycles. The summed E-state index contributed by atoms with van der Waals surface area (Å²) in [6, 6.07) is 15.6. The van der Waals surface area contributed by atoms with Gasteiger partial charge in [0.1, 0.15) is 11.5 Å². The first-order valence-electron chi connectivity index (χ1n) is 10.8. The number of benzene rings is 2. The molecule has 4 rings (SSSR count). The number of ether oxygens (including phenoxy) is 1. The maximum absolute atomic E-state index is 13.3. The van der Waals surface area contributed by atoms with Crippen molar-refractivity contribution in [3.8, 4) is 5.75 Å². The van der Waals surface area contributed by atoms with Crippen LogP contribution < -0.4 is 9.64 Å². The third kappa shape index (κ3) is 4.00. The van der Waals surface area contributed by atoms with E-state index < -0.39 is 17.7 Å². The van der Waals surface area contributed by atoms with Gasteiger partial charge < -0.3 is 9.84 Å². The van der Waals surface area contributed by atoms with Crippen molar-refractivity contribution in [3.63, 3.8) is 0 Å². The van der Waals surface area contributed by atoms with Crippen molar-refractivity contribution in [3.05, 3.63) is 94.8 Å². The second kappa shape index (κ2) is 8.90. The lowest BCUT2D eigenvalue weighted by Crippen LogP contribution is -2.29. The minimum atomic E-state index is -0.825. The van der Waals surface area contributed by atoms with Gasteiger partial charge in [-0.25, -0.2) is 0 Å². The Bertz CT molecular complexity index is 1230. The molecule has 1 N–H and O–H groups in total. The number of carbonyl (C=O) groups excluding carboxylic acids is 2. The normalized spacial score (nSPS) is 17.6. The second-order valence-electron chi connectivity index (χ2n) is 8.41. The highest BCUT2D eigenvalue weighted by molar-refractivity contribution is 6.51. The van der Waals surface area contributed by atoms with Crippen molar-refractivity contribution in [2.75, 3.05) is 12.0 Å². The number of anilines is 1. The highest BCUT2D eigenvalue weighted by atomic mass is 16.5. The number of pyridine rings is 1. The Hall–Kier alpha value is -3.93. The number of carbonyl (C=O) groups is 2. The summed E-state index contributed by atoms with van der Waals surface area (Å²) < 4.78 is 5.41. The molecular weight excluding hydrogens is 416 g/mol. The van der Waals surface area contributed by atoms with Crippen LogP contribution in [0.1, 0.15) is 48.1 Å². The van der Waals surface area contributed by atoms with Crippen molar-refractivity contribution in [2.45, 2.75) is 32.7 Å². The average Bonchev–Trinajstić information content (AvgIpc) is 3.09. The van der Waals surface area contributed by atoms with Gasteiger partial charge in [-0.3, -0.25) is 19.5 Å². The SMILES string of the molecule is COc1ccc(C)cc1/C(O)=C1\C(=O)C(=O)N(c2ccc(C(C)C)cc2)C1c1cccnc1. The lowest BCUT2D eigenvalue weighted by molar-refractivity contribution is -0.132. The molecule has 1 atom stereocenters. The molecule has 0 spiro atoms. The standard InChI is InChI=1S/C27H26N2O4/c1-16(2)18-8-10-20(11-9-18)29-24(19-6-5-13-28-15-19)23(26(31)27(29)32)25(30)21-14-17(3)7-12-22(21)33-4/h5-16,24,30H,1-4H3/b25-23+. The predicted octanol–water partition coefficient (Wildman–Crippen LogP) is 5.15. The molecule has 1 aromatic heterocycles. The van der Waals surface area contributed by atoms with Crippen molar-refractivity contribution in [1.82, 2.24) is 4.98 Å². The van der Waals surface area contributed by atoms with Gasteiger partial charge in [-0.15, -0.1) is 0 Å². The van der Waals surface area contributed by atoms with E-state index in [1.54, 1.807) is 36.7 Å². The fourth-order valence-electron chi connectivity index (χ4n) is 4.12. The molecule has 2 heterocycles. The molecule has 2 aromatic carbocycles. The van der Waals surface area contributed by atoms with Gasteiger partial charge in [0.15, 0.2) is 0 Å². The van der Waals surface area contributed by atoms with Crippen LogP contribution in [0.5, 0.6) is 5.75 Å². The summed E-state index contributed by atoms with van der Waals surface area (Å²) >= 11 is 0. The quantitative estimate of drug-likeness (QED) is 0.336. The van der Waals surface area contributed by atoms with Crippen LogP contribution in [0.15, 0.2) is 72.6 Å². The molecule has 6 nitrogen and oxygen atoms in total. The van der Waals surface area contributed by atoms with E-state index in [9.17, 15) is 14.7 Å². The third-order valence-corrected chi connectivity index (χ3v) is 5.89. The summed E-state index contributed by atoms with van der Waals surface area (Å²) in [5.74, 6) is -0.982. The van der Waals surface area contributed by atoms with Gasteiger partial charge in [0.2, 0.25) is 0 Å². The smallest absolute Gasteiger partial charge is 0.300 e. The number of amides is 1. The Morgan fingerprint density at radius 3 is 2.42 bits per heavy atom. The van der Waals surface area contributed by atoms with Crippen LogP contribution in [-0.4, -0.2) is 28.9 Å². The molecule has 6 heteroatoms. The van der Waals surface area contributed by atoms with Gasteiger partial charge in [0.25, 0.3) is 11.7 Å². The van der Waals surface area contributed by atoms with Gasteiger partial charge in [-0.2, -0.15) is 0 Å². The molecule has 0 saturated carbocycles. The maximum Gasteiger partial charge on any atom is 0.300 e. The van der Waals surface area contributed by atoms with Gasteiger partial charge >= 0.3 is 0 Å². The topological polar surface area (TPSA) is 79.7 Å². The molecule has 1 unspecified atom stereocenters. The number of Topliss-reactive ketones (excluding diaryl/α,β-unsaturated/α-hetero) is 1. The Labute approximate surface area is 193 Å². The number of rotatable bonds is 5. The monoisotopic (exact) mass is 442 g/mol. The Balaban J connectivity index is 1.94. The molecular formula is C27H26N2O4. The summed E-state index contributed by atoms with van der Waals surface area (Å²) in [6.45, 7) is 6.06. The van der Waals surface area contributed by atoms with E-state index >= 15 is 0 Å².